The Morgan fingerprint density at radius 2 is 1.41 bits per heavy atom. The number of ketones is 1. The van der Waals surface area contributed by atoms with E-state index >= 15 is 0 Å². The molecular formula is C55H71MgN4O6-. The summed E-state index contributed by atoms with van der Waals surface area (Å²) in [5.74, 6) is -0.709. The van der Waals surface area contributed by atoms with Crippen LogP contribution in [0.5, 0.6) is 0 Å². The maximum Gasteiger partial charge on any atom is 2.00 e. The summed E-state index contributed by atoms with van der Waals surface area (Å²) < 4.78 is 11.0. The molecule has 350 valence electrons. The molecule has 3 aromatic rings. The molecule has 0 aromatic carbocycles. The number of fused-ring (bicyclic) bond motifs is 8. The van der Waals surface area contributed by atoms with Gasteiger partial charge in [0.1, 0.15) is 6.61 Å². The van der Waals surface area contributed by atoms with Crippen molar-refractivity contribution in [1.82, 2.24) is 19.9 Å². The maximum atomic E-state index is 14.3. The van der Waals surface area contributed by atoms with Gasteiger partial charge in [-0.25, -0.2) is 4.79 Å². The fraction of sp³-hybridized carbons (Fsp3) is 0.545. The molecule has 0 fully saturated rings. The Bertz CT molecular complexity index is 2560. The standard InChI is InChI=1S/C55H74N4O6.Mg/c1-13-39-34(7)41-29-46-48(38(11)60)36(9)43(57-46)27-42-35(8)40(52(58-42)50-51(55(63)64-12)54(62)49-37(10)44(59-53(49)50)28-45(39)56-41)23-24-47(61)65-26-25-33(6)22-16-21-32(5)20-15-19-31(4)18-14-17-30(2)3;/h17,25,27-29,31-32,34-35,39-40H,13-16,18-24,26H2,1-12H3,(H3,56,57,58,59,60,62,63);/q;+2/p-3/b33-25+;/t31-,32-,34-,35+,39-,40+;/m1./s1. The monoisotopic (exact) mass is 908 g/mol. The van der Waals surface area contributed by atoms with Gasteiger partial charge in [-0.3, -0.25) is 19.6 Å². The van der Waals surface area contributed by atoms with Crippen LogP contribution in [-0.4, -0.2) is 64.5 Å². The first-order chi connectivity index (χ1) is 30.9. The maximum absolute atomic E-state index is 14.3. The summed E-state index contributed by atoms with van der Waals surface area (Å²) in [4.78, 5) is 60.5. The molecule has 66 heavy (non-hydrogen) atoms. The van der Waals surface area contributed by atoms with Crippen LogP contribution in [0.25, 0.3) is 33.4 Å². The van der Waals surface area contributed by atoms with Crippen molar-refractivity contribution in [3.05, 3.63) is 92.1 Å². The first-order valence-corrected chi connectivity index (χ1v) is 24.1. The van der Waals surface area contributed by atoms with Crippen molar-refractivity contribution in [2.45, 2.75) is 170 Å². The van der Waals surface area contributed by atoms with Crippen LogP contribution in [0.1, 0.15) is 212 Å². The second-order valence-corrected chi connectivity index (χ2v) is 19.5. The summed E-state index contributed by atoms with van der Waals surface area (Å²) in [5, 5.41) is 14.3. The number of rotatable bonds is 19. The van der Waals surface area contributed by atoms with E-state index in [-0.39, 0.29) is 77.1 Å². The van der Waals surface area contributed by atoms with Gasteiger partial charge < -0.3 is 24.5 Å². The average Bonchev–Trinajstić information content (AvgIpc) is 4.00. The van der Waals surface area contributed by atoms with Gasteiger partial charge in [0.15, 0.2) is 5.78 Å². The molecule has 0 amide bonds. The number of hydrogen-bond donors (Lipinski definition) is 0. The van der Waals surface area contributed by atoms with E-state index in [4.69, 9.17) is 29.4 Å². The van der Waals surface area contributed by atoms with Crippen molar-refractivity contribution in [1.29, 1.82) is 0 Å². The number of nitrogens with zero attached hydrogens (tertiary/aromatic N) is 4. The van der Waals surface area contributed by atoms with Crippen LogP contribution < -0.4 is 15.1 Å². The molecular weight excluding hydrogens is 837 g/mol. The molecule has 0 N–H and O–H groups in total. The molecule has 3 aliphatic rings. The second kappa shape index (κ2) is 23.0. The fourth-order valence-electron chi connectivity index (χ4n) is 10.2. The topological polar surface area (TPSA) is 147 Å². The Balaban J connectivity index is 0.00000817. The van der Waals surface area contributed by atoms with Crippen LogP contribution in [-0.2, 0) is 19.1 Å². The molecule has 11 heteroatoms. The number of ether oxygens (including phenoxy) is 2. The summed E-state index contributed by atoms with van der Waals surface area (Å²) in [7, 11) is 1.26. The number of aromatic nitrogens is 4. The van der Waals surface area contributed by atoms with Crippen molar-refractivity contribution < 1.29 is 29.0 Å². The van der Waals surface area contributed by atoms with Crippen LogP contribution in [0.3, 0.4) is 0 Å². The molecule has 10 nitrogen and oxygen atoms in total. The molecule has 0 unspecified atom stereocenters. The summed E-state index contributed by atoms with van der Waals surface area (Å²) in [6.45, 7) is 22.9. The Kier molecular flexibility index (Phi) is 18.3. The number of Topliss-reactive ketones (excluding diaryl/α,β-unsaturated/α-hetero) is 1. The van der Waals surface area contributed by atoms with E-state index in [1.165, 1.54) is 56.8 Å². The van der Waals surface area contributed by atoms with Gasteiger partial charge in [0.25, 0.3) is 0 Å². The summed E-state index contributed by atoms with van der Waals surface area (Å²) >= 11 is 0. The van der Waals surface area contributed by atoms with Gasteiger partial charge in [0.05, 0.1) is 18.4 Å². The van der Waals surface area contributed by atoms with Gasteiger partial charge in [0, 0.05) is 52.7 Å². The van der Waals surface area contributed by atoms with Crippen LogP contribution in [0.2, 0.25) is 0 Å². The number of carbonyl (C=O) groups excluding carboxylic acids is 3. The Labute approximate surface area is 409 Å². The van der Waals surface area contributed by atoms with Gasteiger partial charge in [-0.1, -0.05) is 113 Å². The molecule has 0 saturated heterocycles. The third-order valence-corrected chi connectivity index (χ3v) is 14.3. The molecule has 0 radical (unpaired) electrons. The molecule has 3 aromatic heterocycles. The van der Waals surface area contributed by atoms with Crippen LogP contribution in [0.4, 0.5) is 0 Å². The molecule has 2 aliphatic heterocycles. The first kappa shape index (κ1) is 52.5. The average molecular weight is 908 g/mol. The van der Waals surface area contributed by atoms with Crippen molar-refractivity contribution in [3.63, 3.8) is 0 Å². The quantitative estimate of drug-likeness (QED) is 0.0493. The summed E-state index contributed by atoms with van der Waals surface area (Å²) in [6, 6.07) is 5.77. The van der Waals surface area contributed by atoms with Crippen LogP contribution in [0, 0.1) is 25.7 Å². The van der Waals surface area contributed by atoms with Crippen LogP contribution >= 0.6 is 0 Å². The number of hydrogen-bond acceptors (Lipinski definition) is 8. The van der Waals surface area contributed by atoms with Gasteiger partial charge in [-0.2, -0.15) is 0 Å². The van der Waals surface area contributed by atoms with E-state index in [0.29, 0.717) is 68.0 Å². The minimum atomic E-state index is -0.764. The zero-order valence-corrected chi connectivity index (χ0v) is 43.2. The van der Waals surface area contributed by atoms with Crippen LogP contribution in [0.15, 0.2) is 41.5 Å². The molecule has 0 spiro atoms. The van der Waals surface area contributed by atoms with Crippen molar-refractivity contribution in [2.75, 3.05) is 13.7 Å². The molecule has 1 aliphatic carbocycles. The van der Waals surface area contributed by atoms with Crippen molar-refractivity contribution >= 4 is 74.2 Å². The number of allylic oxidation sites excluding steroid dienone is 3. The normalized spacial score (nSPS) is 18.8. The zero-order chi connectivity index (χ0) is 47.3. The smallest absolute Gasteiger partial charge is 0.871 e. The van der Waals surface area contributed by atoms with E-state index in [1.807, 2.05) is 45.0 Å². The minimum absolute atomic E-state index is 0. The summed E-state index contributed by atoms with van der Waals surface area (Å²) in [5.41, 5.74) is 10.1. The minimum Gasteiger partial charge on any atom is -0.871 e. The third-order valence-electron chi connectivity index (χ3n) is 14.3. The van der Waals surface area contributed by atoms with E-state index < -0.39 is 11.7 Å². The molecule has 8 bridgehead atoms. The van der Waals surface area contributed by atoms with E-state index in [2.05, 4.69) is 54.5 Å². The summed E-state index contributed by atoms with van der Waals surface area (Å²) in [6.07, 6.45) is 15.2. The first-order valence-electron chi connectivity index (χ1n) is 24.1. The molecule has 6 atom stereocenters. The van der Waals surface area contributed by atoms with Crippen molar-refractivity contribution in [3.8, 4) is 0 Å². The predicted molar refractivity (Wildman–Crippen MR) is 264 cm³/mol. The van der Waals surface area contributed by atoms with Gasteiger partial charge >= 0.3 is 35.0 Å². The predicted octanol–water partition coefficient (Wildman–Crippen LogP) is 11.5. The number of methoxy groups -OCH3 is 1. The number of aryl methyl sites for hydroxylation is 2. The van der Waals surface area contributed by atoms with Crippen molar-refractivity contribution in [2.24, 2.45) is 11.8 Å². The van der Waals surface area contributed by atoms with Gasteiger partial charge in [-0.15, -0.1) is 22.1 Å². The fourth-order valence-corrected chi connectivity index (χ4v) is 10.2. The largest absolute Gasteiger partial charge is 2.00 e. The molecule has 6 rings (SSSR count). The Morgan fingerprint density at radius 1 is 0.788 bits per heavy atom. The van der Waals surface area contributed by atoms with E-state index in [1.54, 1.807) is 6.92 Å². The zero-order valence-electron chi connectivity index (χ0n) is 41.8. The van der Waals surface area contributed by atoms with E-state index in [9.17, 15) is 19.5 Å². The Hall–Kier alpha value is -4.48. The van der Waals surface area contributed by atoms with Gasteiger partial charge in [0.2, 0.25) is 0 Å². The van der Waals surface area contributed by atoms with E-state index in [0.717, 1.165) is 42.1 Å². The second-order valence-electron chi connectivity index (χ2n) is 19.5. The Morgan fingerprint density at radius 3 is 2.08 bits per heavy atom. The SMILES string of the molecule is CC[C@H]1c2cc3[n-]c4c(c5nc(cc6[n-]c(cc(n2)[C@@H]1C)c(C(C)=O)c6C)[C@@H](C)[C@@H]5CCC(=O)OC/C=C(\C)CCC[C@H](C)CCC[C@H](C)CCC=C(C)C)C(C(=O)OC)=C([O-])c4c3C.[Mg+2]. The molecule has 0 saturated carbocycles. The number of carbonyl (C=O) groups is 3. The third kappa shape index (κ3) is 11.6. The molecule has 5 heterocycles. The number of esters is 2. The van der Waals surface area contributed by atoms with Gasteiger partial charge in [-0.05, 0) is 109 Å².